The van der Waals surface area contributed by atoms with Crippen LogP contribution in [0.3, 0.4) is 0 Å². The van der Waals surface area contributed by atoms with E-state index >= 15 is 0 Å². The van der Waals surface area contributed by atoms with Gasteiger partial charge in [0.25, 0.3) is 0 Å². The van der Waals surface area contributed by atoms with Crippen molar-refractivity contribution in [2.75, 3.05) is 28.4 Å². The number of rotatable bonds is 6. The highest BCUT2D eigenvalue weighted by Crippen LogP contribution is 2.63. The van der Waals surface area contributed by atoms with E-state index in [9.17, 15) is 30.0 Å². The van der Waals surface area contributed by atoms with Crippen molar-refractivity contribution in [2.45, 2.75) is 37.9 Å². The van der Waals surface area contributed by atoms with E-state index in [1.165, 1.54) is 40.6 Å². The second-order valence-corrected chi connectivity index (χ2v) is 10.3. The van der Waals surface area contributed by atoms with E-state index in [0.29, 0.717) is 43.4 Å². The number of phenolic OH excluding ortho intramolecular Hbond substituents is 2. The molecule has 4 N–H and O–H groups in total. The van der Waals surface area contributed by atoms with Crippen molar-refractivity contribution in [3.05, 3.63) is 43.7 Å². The number of phenols is 2. The van der Waals surface area contributed by atoms with Gasteiger partial charge in [0.15, 0.2) is 33.9 Å². The highest BCUT2D eigenvalue weighted by atomic mass is 16.5. The molecule has 4 unspecified atom stereocenters. The monoisotopic (exact) mass is 548 g/mol. The molecule has 0 fully saturated rings. The van der Waals surface area contributed by atoms with Gasteiger partial charge in [-0.15, -0.1) is 0 Å². The van der Waals surface area contributed by atoms with Crippen LogP contribution in [0.15, 0.2) is 21.7 Å². The minimum absolute atomic E-state index is 0.0354. The molecule has 5 aromatic rings. The third-order valence-electron chi connectivity index (χ3n) is 8.38. The SMILES string of the molecule is COc1c(O)c2c(=O)cc(OC)c3c4c(OC)cc(=O)c5c(O)c(OC)c6c(c(c1C(C(C)O)C6C(C)O)c23)c54. The van der Waals surface area contributed by atoms with Crippen molar-refractivity contribution >= 4 is 43.1 Å². The molecule has 0 aromatic heterocycles. The number of hydrogen-bond donors (Lipinski definition) is 4. The zero-order chi connectivity index (χ0) is 28.9. The molecule has 0 saturated carbocycles. The van der Waals surface area contributed by atoms with Gasteiger partial charge in [-0.1, -0.05) is 0 Å². The molecule has 1 aliphatic carbocycles. The topological polar surface area (TPSA) is 152 Å². The van der Waals surface area contributed by atoms with E-state index in [1.807, 2.05) is 0 Å². The number of aliphatic hydroxyl groups is 2. The third kappa shape index (κ3) is 2.89. The van der Waals surface area contributed by atoms with E-state index in [1.54, 1.807) is 13.8 Å². The van der Waals surface area contributed by atoms with Crippen LogP contribution in [0.1, 0.15) is 36.8 Å². The molecule has 0 bridgehead atoms. The largest absolute Gasteiger partial charge is 0.504 e. The third-order valence-corrected chi connectivity index (χ3v) is 8.38. The van der Waals surface area contributed by atoms with Crippen LogP contribution in [-0.2, 0) is 0 Å². The first-order valence-corrected chi connectivity index (χ1v) is 12.7. The first-order chi connectivity index (χ1) is 19.0. The maximum atomic E-state index is 13.5. The van der Waals surface area contributed by atoms with Crippen molar-refractivity contribution in [2.24, 2.45) is 0 Å². The van der Waals surface area contributed by atoms with Crippen LogP contribution < -0.4 is 29.8 Å². The summed E-state index contributed by atoms with van der Waals surface area (Å²) in [6, 6.07) is 2.48. The van der Waals surface area contributed by atoms with E-state index in [0.717, 1.165) is 0 Å². The Balaban J connectivity index is 2.18. The molecule has 1 aliphatic rings. The lowest BCUT2D eigenvalue weighted by Gasteiger charge is -2.40. The van der Waals surface area contributed by atoms with Crippen molar-refractivity contribution in [3.8, 4) is 34.5 Å². The van der Waals surface area contributed by atoms with Crippen LogP contribution in [0.5, 0.6) is 34.5 Å². The summed E-state index contributed by atoms with van der Waals surface area (Å²) >= 11 is 0. The van der Waals surface area contributed by atoms with Gasteiger partial charge in [-0.3, -0.25) is 9.59 Å². The summed E-state index contributed by atoms with van der Waals surface area (Å²) in [6.45, 7) is 3.09. The Morgan fingerprint density at radius 2 is 0.925 bits per heavy atom. The van der Waals surface area contributed by atoms with Crippen LogP contribution in [0, 0.1) is 0 Å². The lowest BCUT2D eigenvalue weighted by Crippen LogP contribution is -2.32. The summed E-state index contributed by atoms with van der Waals surface area (Å²) in [5.41, 5.74) is -0.367. The molecule has 0 aliphatic heterocycles. The Kier molecular flexibility index (Phi) is 5.59. The first-order valence-electron chi connectivity index (χ1n) is 12.7. The molecular weight excluding hydrogens is 520 g/mol. The van der Waals surface area contributed by atoms with Gasteiger partial charge in [-0.05, 0) is 24.6 Å². The Labute approximate surface area is 227 Å². The van der Waals surface area contributed by atoms with Gasteiger partial charge < -0.3 is 39.4 Å². The van der Waals surface area contributed by atoms with Gasteiger partial charge >= 0.3 is 0 Å². The molecule has 0 amide bonds. The van der Waals surface area contributed by atoms with Gasteiger partial charge in [0, 0.05) is 56.6 Å². The molecule has 40 heavy (non-hydrogen) atoms. The molecule has 0 heterocycles. The summed E-state index contributed by atoms with van der Waals surface area (Å²) < 4.78 is 22.7. The summed E-state index contributed by atoms with van der Waals surface area (Å²) in [6.07, 6.45) is -2.19. The van der Waals surface area contributed by atoms with Crippen molar-refractivity contribution in [1.29, 1.82) is 0 Å². The fourth-order valence-electron chi connectivity index (χ4n) is 7.05. The Morgan fingerprint density at radius 1 is 0.575 bits per heavy atom. The van der Waals surface area contributed by atoms with Crippen LogP contribution in [0.25, 0.3) is 43.1 Å². The number of fused-ring (bicyclic) bond motifs is 1. The number of methoxy groups -OCH3 is 4. The van der Waals surface area contributed by atoms with Gasteiger partial charge in [-0.2, -0.15) is 0 Å². The van der Waals surface area contributed by atoms with Crippen molar-refractivity contribution < 1.29 is 39.4 Å². The summed E-state index contributed by atoms with van der Waals surface area (Å²) in [4.78, 5) is 27.0. The predicted molar refractivity (Wildman–Crippen MR) is 150 cm³/mol. The lowest BCUT2D eigenvalue weighted by molar-refractivity contribution is 0.0885. The molecule has 0 spiro atoms. The number of benzene rings is 5. The zero-order valence-electron chi connectivity index (χ0n) is 22.7. The summed E-state index contributed by atoms with van der Waals surface area (Å²) in [5, 5.41) is 47.5. The molecule has 0 radical (unpaired) electrons. The summed E-state index contributed by atoms with van der Waals surface area (Å²) in [7, 11) is 5.47. The Bertz CT molecular complexity index is 1840. The normalized spacial score (nSPS) is 18.2. The smallest absolute Gasteiger partial charge is 0.194 e. The fourth-order valence-corrected chi connectivity index (χ4v) is 7.05. The standard InChI is InChI=1S/C30H28O10/c1-9(31)15-16(10(2)32)26-24-22-18(28(36)30(26)40-6)12(34)8-14(38-4)20(22)19-13(37-3)7-11(33)17-21(19)23(24)25(15)29(39-5)27(17)35/h7-10,15-16,31-32,35-36H,1-6H3. The average molecular weight is 549 g/mol. The maximum Gasteiger partial charge on any atom is 0.194 e. The molecule has 10 nitrogen and oxygen atoms in total. The highest BCUT2D eigenvalue weighted by molar-refractivity contribution is 6.39. The van der Waals surface area contributed by atoms with E-state index in [2.05, 4.69) is 0 Å². The second-order valence-electron chi connectivity index (χ2n) is 10.3. The van der Waals surface area contributed by atoms with E-state index < -0.39 is 46.4 Å². The number of hydrogen-bond acceptors (Lipinski definition) is 10. The molecule has 4 atom stereocenters. The lowest BCUT2D eigenvalue weighted by atomic mass is 9.66. The molecule has 0 saturated heterocycles. The fraction of sp³-hybridized carbons (Fsp3) is 0.333. The summed E-state index contributed by atoms with van der Waals surface area (Å²) in [5.74, 6) is -2.36. The van der Waals surface area contributed by atoms with Gasteiger partial charge in [0.2, 0.25) is 0 Å². The maximum absolute atomic E-state index is 13.5. The molecule has 5 aromatic carbocycles. The van der Waals surface area contributed by atoms with Gasteiger partial charge in [0.05, 0.1) is 51.4 Å². The van der Waals surface area contributed by atoms with Crippen molar-refractivity contribution in [3.63, 3.8) is 0 Å². The average Bonchev–Trinajstić information content (AvgIpc) is 2.91. The van der Waals surface area contributed by atoms with E-state index in [-0.39, 0.29) is 33.8 Å². The molecule has 6 rings (SSSR count). The number of aliphatic hydroxyl groups excluding tert-OH is 2. The minimum atomic E-state index is -1.10. The van der Waals surface area contributed by atoms with Crippen LogP contribution in [-0.4, -0.2) is 61.1 Å². The first kappa shape index (κ1) is 26.0. The second kappa shape index (κ2) is 8.61. The van der Waals surface area contributed by atoms with Gasteiger partial charge in [0.1, 0.15) is 11.5 Å². The van der Waals surface area contributed by atoms with Crippen LogP contribution >= 0.6 is 0 Å². The molecular formula is C30H28O10. The number of ether oxygens (including phenoxy) is 4. The Hall–Kier alpha value is -4.28. The predicted octanol–water partition coefficient (Wildman–Crippen LogP) is 3.28. The quantitative estimate of drug-likeness (QED) is 0.184. The molecule has 208 valence electrons. The minimum Gasteiger partial charge on any atom is -0.504 e. The zero-order valence-corrected chi connectivity index (χ0v) is 22.7. The highest BCUT2D eigenvalue weighted by Gasteiger charge is 2.45. The Morgan fingerprint density at radius 3 is 1.20 bits per heavy atom. The van der Waals surface area contributed by atoms with Crippen molar-refractivity contribution in [1.82, 2.24) is 0 Å². The van der Waals surface area contributed by atoms with Crippen LogP contribution in [0.4, 0.5) is 0 Å². The number of aromatic hydroxyl groups is 2. The van der Waals surface area contributed by atoms with Crippen LogP contribution in [0.2, 0.25) is 0 Å². The van der Waals surface area contributed by atoms with E-state index in [4.69, 9.17) is 18.9 Å². The van der Waals surface area contributed by atoms with Gasteiger partial charge in [-0.25, -0.2) is 0 Å². The molecule has 10 heteroatoms.